The molecule has 0 spiro atoms. The highest BCUT2D eigenvalue weighted by atomic mass is 16.5. The van der Waals surface area contributed by atoms with E-state index in [9.17, 15) is 4.79 Å². The van der Waals surface area contributed by atoms with E-state index in [1.807, 2.05) is 32.9 Å². The van der Waals surface area contributed by atoms with Crippen LogP contribution in [0.1, 0.15) is 25.0 Å². The molecule has 0 amide bonds. The zero-order chi connectivity index (χ0) is 12.2. The predicted octanol–water partition coefficient (Wildman–Crippen LogP) is 1.72. The number of rotatable bonds is 0. The summed E-state index contributed by atoms with van der Waals surface area (Å²) in [6, 6.07) is 3.79. The SMILES string of the molecule is Cc1ccn2c(=O)c3c(nc2c1)OC(C)(C)C3. The van der Waals surface area contributed by atoms with Crippen molar-refractivity contribution in [2.75, 3.05) is 0 Å². The first-order valence-corrected chi connectivity index (χ1v) is 5.67. The fourth-order valence-electron chi connectivity index (χ4n) is 2.22. The van der Waals surface area contributed by atoms with Crippen molar-refractivity contribution in [2.45, 2.75) is 32.8 Å². The van der Waals surface area contributed by atoms with Crippen LogP contribution in [0.5, 0.6) is 5.88 Å². The van der Waals surface area contributed by atoms with Crippen LogP contribution in [-0.2, 0) is 6.42 Å². The molecular formula is C13H14N2O2. The standard InChI is InChI=1S/C13H14N2O2/c1-8-4-5-15-10(6-8)14-11-9(12(15)16)7-13(2,3)17-11/h4-6H,7H2,1-3H3. The summed E-state index contributed by atoms with van der Waals surface area (Å²) in [4.78, 5) is 16.7. The molecule has 0 N–H and O–H groups in total. The molecule has 17 heavy (non-hydrogen) atoms. The Hall–Kier alpha value is -1.84. The number of nitrogens with zero attached hydrogens (tertiary/aromatic N) is 2. The molecule has 3 heterocycles. The van der Waals surface area contributed by atoms with Crippen molar-refractivity contribution >= 4 is 5.65 Å². The highest BCUT2D eigenvalue weighted by Crippen LogP contribution is 2.30. The fraction of sp³-hybridized carbons (Fsp3) is 0.385. The molecule has 0 atom stereocenters. The minimum atomic E-state index is -0.332. The zero-order valence-electron chi connectivity index (χ0n) is 10.2. The van der Waals surface area contributed by atoms with Gasteiger partial charge in [-0.3, -0.25) is 9.20 Å². The maximum Gasteiger partial charge on any atom is 0.265 e. The zero-order valence-corrected chi connectivity index (χ0v) is 10.2. The maximum absolute atomic E-state index is 12.3. The van der Waals surface area contributed by atoms with Crippen molar-refractivity contribution in [3.05, 3.63) is 39.8 Å². The lowest BCUT2D eigenvalue weighted by atomic mass is 10.0. The summed E-state index contributed by atoms with van der Waals surface area (Å²) < 4.78 is 7.28. The number of ether oxygens (including phenoxy) is 1. The summed E-state index contributed by atoms with van der Waals surface area (Å²) in [6.07, 6.45) is 2.39. The average Bonchev–Trinajstić information content (AvgIpc) is 2.53. The lowest BCUT2D eigenvalue weighted by molar-refractivity contribution is 0.133. The average molecular weight is 230 g/mol. The Morgan fingerprint density at radius 3 is 3.00 bits per heavy atom. The first-order chi connectivity index (χ1) is 7.96. The Morgan fingerprint density at radius 1 is 1.47 bits per heavy atom. The van der Waals surface area contributed by atoms with Gasteiger partial charge in [0, 0.05) is 12.6 Å². The van der Waals surface area contributed by atoms with Gasteiger partial charge in [0.25, 0.3) is 5.56 Å². The molecule has 0 aliphatic carbocycles. The summed E-state index contributed by atoms with van der Waals surface area (Å²) in [7, 11) is 0. The largest absolute Gasteiger partial charge is 0.471 e. The van der Waals surface area contributed by atoms with Crippen LogP contribution in [0.2, 0.25) is 0 Å². The summed E-state index contributed by atoms with van der Waals surface area (Å²) in [5.41, 5.74) is 2.05. The summed E-state index contributed by atoms with van der Waals surface area (Å²) in [6.45, 7) is 5.91. The van der Waals surface area contributed by atoms with E-state index in [1.165, 1.54) is 0 Å². The highest BCUT2D eigenvalue weighted by molar-refractivity contribution is 5.46. The Labute approximate surface area is 98.9 Å². The van der Waals surface area contributed by atoms with Crippen LogP contribution in [0.3, 0.4) is 0 Å². The first kappa shape index (κ1) is 10.3. The topological polar surface area (TPSA) is 43.6 Å². The van der Waals surface area contributed by atoms with E-state index < -0.39 is 0 Å². The van der Waals surface area contributed by atoms with E-state index in [2.05, 4.69) is 4.98 Å². The normalized spacial score (nSPS) is 16.9. The number of hydrogen-bond donors (Lipinski definition) is 0. The third-order valence-electron chi connectivity index (χ3n) is 3.02. The van der Waals surface area contributed by atoms with Crippen LogP contribution in [0, 0.1) is 6.92 Å². The number of aromatic nitrogens is 2. The van der Waals surface area contributed by atoms with Crippen molar-refractivity contribution in [2.24, 2.45) is 0 Å². The third-order valence-corrected chi connectivity index (χ3v) is 3.02. The van der Waals surface area contributed by atoms with Gasteiger partial charge in [-0.2, -0.15) is 4.98 Å². The van der Waals surface area contributed by atoms with Gasteiger partial charge < -0.3 is 4.74 Å². The molecule has 1 aliphatic heterocycles. The second-order valence-corrected chi connectivity index (χ2v) is 5.17. The fourth-order valence-corrected chi connectivity index (χ4v) is 2.22. The Morgan fingerprint density at radius 2 is 2.24 bits per heavy atom. The minimum Gasteiger partial charge on any atom is -0.471 e. The second kappa shape index (κ2) is 3.09. The van der Waals surface area contributed by atoms with Crippen molar-refractivity contribution in [3.8, 4) is 5.88 Å². The molecule has 2 aromatic heterocycles. The van der Waals surface area contributed by atoms with E-state index >= 15 is 0 Å². The molecule has 0 radical (unpaired) electrons. The van der Waals surface area contributed by atoms with Gasteiger partial charge >= 0.3 is 0 Å². The molecule has 0 bridgehead atoms. The Bertz CT molecular complexity index is 671. The predicted molar refractivity (Wildman–Crippen MR) is 64.6 cm³/mol. The first-order valence-electron chi connectivity index (χ1n) is 5.67. The van der Waals surface area contributed by atoms with Crippen molar-refractivity contribution in [3.63, 3.8) is 0 Å². The lowest BCUT2D eigenvalue weighted by Crippen LogP contribution is -2.26. The molecule has 88 valence electrons. The maximum atomic E-state index is 12.3. The molecule has 0 fully saturated rings. The number of pyridine rings is 1. The lowest BCUT2D eigenvalue weighted by Gasteiger charge is -2.15. The van der Waals surface area contributed by atoms with Gasteiger partial charge in [-0.15, -0.1) is 0 Å². The van der Waals surface area contributed by atoms with Crippen LogP contribution in [0.15, 0.2) is 23.1 Å². The number of aryl methyl sites for hydroxylation is 1. The molecule has 0 aromatic carbocycles. The van der Waals surface area contributed by atoms with Gasteiger partial charge in [-0.05, 0) is 38.5 Å². The van der Waals surface area contributed by atoms with Crippen LogP contribution in [0.25, 0.3) is 5.65 Å². The molecule has 2 aromatic rings. The van der Waals surface area contributed by atoms with Crippen LogP contribution < -0.4 is 10.3 Å². The van der Waals surface area contributed by atoms with Crippen molar-refractivity contribution in [1.82, 2.24) is 9.38 Å². The summed E-state index contributed by atoms with van der Waals surface area (Å²) in [5.74, 6) is 0.491. The van der Waals surface area contributed by atoms with Gasteiger partial charge in [0.1, 0.15) is 11.2 Å². The monoisotopic (exact) mass is 230 g/mol. The van der Waals surface area contributed by atoms with Crippen LogP contribution in [0.4, 0.5) is 0 Å². The van der Waals surface area contributed by atoms with Gasteiger partial charge in [0.2, 0.25) is 5.88 Å². The van der Waals surface area contributed by atoms with E-state index in [4.69, 9.17) is 4.74 Å². The van der Waals surface area contributed by atoms with Crippen molar-refractivity contribution < 1.29 is 4.74 Å². The van der Waals surface area contributed by atoms with E-state index in [0.717, 1.165) is 5.56 Å². The molecule has 0 saturated carbocycles. The van der Waals surface area contributed by atoms with Gasteiger partial charge in [-0.1, -0.05) is 0 Å². The van der Waals surface area contributed by atoms with Gasteiger partial charge in [0.15, 0.2) is 0 Å². The molecule has 0 saturated heterocycles. The van der Waals surface area contributed by atoms with Crippen LogP contribution >= 0.6 is 0 Å². The molecule has 4 heteroatoms. The number of fused-ring (bicyclic) bond motifs is 2. The van der Waals surface area contributed by atoms with E-state index in [1.54, 1.807) is 10.6 Å². The Balaban J connectivity index is 2.35. The quantitative estimate of drug-likeness (QED) is 0.692. The van der Waals surface area contributed by atoms with Crippen molar-refractivity contribution in [1.29, 1.82) is 0 Å². The summed E-state index contributed by atoms with van der Waals surface area (Å²) in [5, 5.41) is 0. The number of hydrogen-bond acceptors (Lipinski definition) is 3. The Kier molecular flexibility index (Phi) is 1.88. The minimum absolute atomic E-state index is 0.0180. The molecule has 3 rings (SSSR count). The molecule has 4 nitrogen and oxygen atoms in total. The smallest absolute Gasteiger partial charge is 0.265 e. The molecule has 0 unspecified atom stereocenters. The van der Waals surface area contributed by atoms with E-state index in [-0.39, 0.29) is 11.2 Å². The van der Waals surface area contributed by atoms with Gasteiger partial charge in [0.05, 0.1) is 5.56 Å². The third kappa shape index (κ3) is 1.52. The van der Waals surface area contributed by atoms with E-state index in [0.29, 0.717) is 23.5 Å². The molecule has 1 aliphatic rings. The van der Waals surface area contributed by atoms with Gasteiger partial charge in [-0.25, -0.2) is 0 Å². The summed E-state index contributed by atoms with van der Waals surface area (Å²) >= 11 is 0. The van der Waals surface area contributed by atoms with Crippen LogP contribution in [-0.4, -0.2) is 15.0 Å². The second-order valence-electron chi connectivity index (χ2n) is 5.17. The molecular weight excluding hydrogens is 216 g/mol. The highest BCUT2D eigenvalue weighted by Gasteiger charge is 2.34.